The highest BCUT2D eigenvalue weighted by Crippen LogP contribution is 2.12. The first-order valence-corrected chi connectivity index (χ1v) is 9.61. The van der Waals surface area contributed by atoms with Crippen LogP contribution in [0.2, 0.25) is 0 Å². The summed E-state index contributed by atoms with van der Waals surface area (Å²) >= 11 is 1.30. The molecule has 0 heterocycles. The van der Waals surface area contributed by atoms with Crippen LogP contribution in [0.3, 0.4) is 0 Å². The van der Waals surface area contributed by atoms with Gasteiger partial charge in [0, 0.05) is 11.4 Å². The molecular weight excluding hydrogens is 332 g/mol. The minimum atomic E-state index is -0.102. The number of benzene rings is 2. The number of amides is 2. The summed E-state index contributed by atoms with van der Waals surface area (Å²) in [6.45, 7) is 4.18. The van der Waals surface area contributed by atoms with Crippen LogP contribution in [0.25, 0.3) is 0 Å². The van der Waals surface area contributed by atoms with Crippen molar-refractivity contribution in [1.82, 2.24) is 0 Å². The maximum Gasteiger partial charge on any atom is 0.234 e. The summed E-state index contributed by atoms with van der Waals surface area (Å²) in [4.78, 5) is 23.8. The molecule has 0 saturated heterocycles. The minimum Gasteiger partial charge on any atom is -0.325 e. The summed E-state index contributed by atoms with van der Waals surface area (Å²) in [6, 6.07) is 15.6. The van der Waals surface area contributed by atoms with Gasteiger partial charge in [0.25, 0.3) is 0 Å². The number of rotatable bonds is 8. The van der Waals surface area contributed by atoms with E-state index in [2.05, 4.69) is 24.5 Å². The van der Waals surface area contributed by atoms with E-state index in [1.54, 1.807) is 0 Å². The van der Waals surface area contributed by atoms with Crippen molar-refractivity contribution in [2.45, 2.75) is 26.7 Å². The van der Waals surface area contributed by atoms with E-state index in [1.165, 1.54) is 22.9 Å². The van der Waals surface area contributed by atoms with Crippen LogP contribution in [0, 0.1) is 0 Å². The fraction of sp³-hybridized carbons (Fsp3) is 0.300. The van der Waals surface area contributed by atoms with E-state index < -0.39 is 0 Å². The highest BCUT2D eigenvalue weighted by Gasteiger charge is 2.07. The van der Waals surface area contributed by atoms with Crippen molar-refractivity contribution in [3.8, 4) is 0 Å². The first-order valence-electron chi connectivity index (χ1n) is 8.46. The van der Waals surface area contributed by atoms with Crippen molar-refractivity contribution < 1.29 is 9.59 Å². The van der Waals surface area contributed by atoms with Gasteiger partial charge < -0.3 is 10.6 Å². The van der Waals surface area contributed by atoms with Crippen LogP contribution in [0.4, 0.5) is 11.4 Å². The quantitative estimate of drug-likeness (QED) is 0.748. The molecule has 0 aliphatic carbocycles. The molecule has 0 aromatic heterocycles. The summed E-state index contributed by atoms with van der Waals surface area (Å²) in [7, 11) is 0. The lowest BCUT2D eigenvalue weighted by Gasteiger charge is -2.07. The number of thioether (sulfide) groups is 1. The molecule has 25 heavy (non-hydrogen) atoms. The molecule has 0 radical (unpaired) electrons. The Kier molecular flexibility index (Phi) is 7.54. The Balaban J connectivity index is 1.69. The summed E-state index contributed by atoms with van der Waals surface area (Å²) in [5.74, 6) is 0.291. The van der Waals surface area contributed by atoms with E-state index in [0.717, 1.165) is 24.2 Å². The lowest BCUT2D eigenvalue weighted by Crippen LogP contribution is -2.18. The molecule has 0 saturated carbocycles. The molecule has 0 aliphatic heterocycles. The van der Waals surface area contributed by atoms with E-state index >= 15 is 0 Å². The van der Waals surface area contributed by atoms with Gasteiger partial charge in [-0.15, -0.1) is 11.8 Å². The van der Waals surface area contributed by atoms with E-state index in [0.29, 0.717) is 0 Å². The Labute approximate surface area is 153 Å². The molecule has 2 amide bonds. The fourth-order valence-electron chi connectivity index (χ4n) is 2.28. The van der Waals surface area contributed by atoms with Crippen LogP contribution in [-0.4, -0.2) is 23.3 Å². The summed E-state index contributed by atoms with van der Waals surface area (Å²) in [5, 5.41) is 5.68. The van der Waals surface area contributed by atoms with Gasteiger partial charge in [0.15, 0.2) is 0 Å². The van der Waals surface area contributed by atoms with E-state index in [9.17, 15) is 9.59 Å². The van der Waals surface area contributed by atoms with Crippen LogP contribution in [-0.2, 0) is 22.4 Å². The molecule has 0 aliphatic rings. The largest absolute Gasteiger partial charge is 0.325 e. The predicted octanol–water partition coefficient (Wildman–Crippen LogP) is 4.12. The standard InChI is InChI=1S/C20H24N2O2S/c1-3-15-5-9-17(10-6-15)21-19(23)13-25-14-20(24)22-18-11-7-16(4-2)8-12-18/h5-12H,3-4,13-14H2,1-2H3,(H,21,23)(H,22,24). The molecule has 5 heteroatoms. The molecule has 2 rings (SSSR count). The molecule has 2 aromatic rings. The van der Waals surface area contributed by atoms with Crippen molar-refractivity contribution >= 4 is 35.0 Å². The highest BCUT2D eigenvalue weighted by atomic mass is 32.2. The van der Waals surface area contributed by atoms with Gasteiger partial charge >= 0.3 is 0 Å². The van der Waals surface area contributed by atoms with Gasteiger partial charge in [-0.2, -0.15) is 0 Å². The Morgan fingerprint density at radius 1 is 0.720 bits per heavy atom. The van der Waals surface area contributed by atoms with Gasteiger partial charge in [-0.25, -0.2) is 0 Å². The van der Waals surface area contributed by atoms with Gasteiger partial charge in [-0.05, 0) is 48.2 Å². The number of hydrogen-bond acceptors (Lipinski definition) is 3. The number of anilines is 2. The first-order chi connectivity index (χ1) is 12.1. The number of aryl methyl sites for hydroxylation is 2. The third kappa shape index (κ3) is 6.63. The molecular formula is C20H24N2O2S. The monoisotopic (exact) mass is 356 g/mol. The predicted molar refractivity (Wildman–Crippen MR) is 106 cm³/mol. The van der Waals surface area contributed by atoms with Crippen LogP contribution < -0.4 is 10.6 Å². The number of carbonyl (C=O) groups is 2. The number of hydrogen-bond donors (Lipinski definition) is 2. The van der Waals surface area contributed by atoms with Crippen LogP contribution in [0.5, 0.6) is 0 Å². The number of nitrogens with one attached hydrogen (secondary N) is 2. The lowest BCUT2D eigenvalue weighted by atomic mass is 10.1. The van der Waals surface area contributed by atoms with Crippen molar-refractivity contribution in [2.75, 3.05) is 22.1 Å². The zero-order chi connectivity index (χ0) is 18.1. The Morgan fingerprint density at radius 3 is 1.40 bits per heavy atom. The van der Waals surface area contributed by atoms with Crippen molar-refractivity contribution in [2.24, 2.45) is 0 Å². The van der Waals surface area contributed by atoms with Gasteiger partial charge in [-0.1, -0.05) is 38.1 Å². The van der Waals surface area contributed by atoms with Crippen molar-refractivity contribution in [3.63, 3.8) is 0 Å². The molecule has 2 N–H and O–H groups in total. The second kappa shape index (κ2) is 9.89. The molecule has 0 fully saturated rings. The number of carbonyl (C=O) groups excluding carboxylic acids is 2. The average molecular weight is 356 g/mol. The molecule has 0 bridgehead atoms. The molecule has 0 spiro atoms. The molecule has 0 unspecified atom stereocenters. The SMILES string of the molecule is CCc1ccc(NC(=O)CSCC(=O)Nc2ccc(CC)cc2)cc1. The average Bonchev–Trinajstić information content (AvgIpc) is 2.63. The van der Waals surface area contributed by atoms with E-state index in [-0.39, 0.29) is 23.3 Å². The topological polar surface area (TPSA) is 58.2 Å². The van der Waals surface area contributed by atoms with Gasteiger partial charge in [0.05, 0.1) is 11.5 Å². The Morgan fingerprint density at radius 2 is 1.08 bits per heavy atom. The third-order valence-electron chi connectivity index (χ3n) is 3.76. The Hall–Kier alpha value is -2.27. The lowest BCUT2D eigenvalue weighted by molar-refractivity contribution is -0.114. The third-order valence-corrected chi connectivity index (χ3v) is 4.69. The summed E-state index contributed by atoms with van der Waals surface area (Å²) in [5.41, 5.74) is 4.03. The van der Waals surface area contributed by atoms with Crippen molar-refractivity contribution in [1.29, 1.82) is 0 Å². The smallest absolute Gasteiger partial charge is 0.234 e. The molecule has 0 atom stereocenters. The zero-order valence-corrected chi connectivity index (χ0v) is 15.5. The summed E-state index contributed by atoms with van der Waals surface area (Å²) in [6.07, 6.45) is 1.95. The van der Waals surface area contributed by atoms with E-state index in [4.69, 9.17) is 0 Å². The minimum absolute atomic E-state index is 0.102. The first kappa shape index (κ1) is 19.1. The van der Waals surface area contributed by atoms with E-state index in [1.807, 2.05) is 48.5 Å². The maximum absolute atomic E-state index is 11.9. The zero-order valence-electron chi connectivity index (χ0n) is 14.7. The second-order valence-corrected chi connectivity index (χ2v) is 6.68. The Bertz CT molecular complexity index is 635. The normalized spacial score (nSPS) is 10.3. The van der Waals surface area contributed by atoms with Crippen LogP contribution in [0.15, 0.2) is 48.5 Å². The molecule has 2 aromatic carbocycles. The summed E-state index contributed by atoms with van der Waals surface area (Å²) < 4.78 is 0. The highest BCUT2D eigenvalue weighted by molar-refractivity contribution is 8.00. The maximum atomic E-state index is 11.9. The fourth-order valence-corrected chi connectivity index (χ4v) is 2.90. The molecule has 4 nitrogen and oxygen atoms in total. The molecule has 132 valence electrons. The van der Waals surface area contributed by atoms with Crippen LogP contribution >= 0.6 is 11.8 Å². The second-order valence-electron chi connectivity index (χ2n) is 5.69. The van der Waals surface area contributed by atoms with Gasteiger partial charge in [-0.3, -0.25) is 9.59 Å². The van der Waals surface area contributed by atoms with Crippen LogP contribution in [0.1, 0.15) is 25.0 Å². The van der Waals surface area contributed by atoms with Crippen molar-refractivity contribution in [3.05, 3.63) is 59.7 Å². The van der Waals surface area contributed by atoms with Gasteiger partial charge in [0.1, 0.15) is 0 Å². The van der Waals surface area contributed by atoms with Gasteiger partial charge in [0.2, 0.25) is 11.8 Å².